The normalized spacial score (nSPS) is 12.6. The van der Waals surface area contributed by atoms with E-state index in [0.29, 0.717) is 18.7 Å². The molecule has 0 aliphatic heterocycles. The molecule has 1 heterocycles. The van der Waals surface area contributed by atoms with E-state index in [1.165, 1.54) is 0 Å². The van der Waals surface area contributed by atoms with Crippen LogP contribution in [0.15, 0.2) is 34.9 Å². The van der Waals surface area contributed by atoms with Crippen LogP contribution in [0.25, 0.3) is 0 Å². The number of nitrogens with two attached hydrogens (primary N) is 1. The summed E-state index contributed by atoms with van der Waals surface area (Å²) in [5.41, 5.74) is 7.35. The van der Waals surface area contributed by atoms with Crippen molar-refractivity contribution in [1.82, 2.24) is 4.98 Å². The summed E-state index contributed by atoms with van der Waals surface area (Å²) in [5, 5.41) is 9.63. The lowest BCUT2D eigenvalue weighted by Crippen LogP contribution is -2.17. The lowest BCUT2D eigenvalue weighted by Gasteiger charge is -2.00. The molecule has 1 aromatic heterocycles. The Morgan fingerprint density at radius 1 is 1.41 bits per heavy atom. The highest BCUT2D eigenvalue weighted by molar-refractivity contribution is 5.33. The van der Waals surface area contributed by atoms with Crippen molar-refractivity contribution in [3.05, 3.63) is 47.7 Å². The zero-order valence-corrected chi connectivity index (χ0v) is 9.76. The molecule has 17 heavy (non-hydrogen) atoms. The molecule has 0 aliphatic carbocycles. The topological polar surface area (TPSA) is 72.3 Å². The van der Waals surface area contributed by atoms with Gasteiger partial charge in [0.1, 0.15) is 12.0 Å². The van der Waals surface area contributed by atoms with Crippen molar-refractivity contribution < 1.29 is 9.52 Å². The third-order valence-electron chi connectivity index (χ3n) is 2.46. The summed E-state index contributed by atoms with van der Waals surface area (Å²) in [5.74, 6) is 0.863. The first-order valence-corrected chi connectivity index (χ1v) is 5.61. The van der Waals surface area contributed by atoms with E-state index in [4.69, 9.17) is 10.2 Å². The first-order valence-electron chi connectivity index (χ1n) is 5.61. The van der Waals surface area contributed by atoms with Gasteiger partial charge in [-0.25, -0.2) is 4.98 Å². The first kappa shape index (κ1) is 11.7. The molecule has 2 aromatic rings. The summed E-state index contributed by atoms with van der Waals surface area (Å²) in [6.07, 6.45) is 2.81. The van der Waals surface area contributed by atoms with Gasteiger partial charge in [0.05, 0.1) is 12.1 Å². The number of para-hydroxylation sites is 1. The monoisotopic (exact) mass is 232 g/mol. The maximum atomic E-state index is 9.63. The Balaban J connectivity index is 2.09. The molecule has 2 rings (SSSR count). The van der Waals surface area contributed by atoms with Crippen LogP contribution in [0, 0.1) is 0 Å². The number of aromatic nitrogens is 1. The van der Waals surface area contributed by atoms with Crippen LogP contribution in [-0.4, -0.2) is 16.1 Å². The Kier molecular flexibility index (Phi) is 3.44. The molecule has 90 valence electrons. The summed E-state index contributed by atoms with van der Waals surface area (Å²) < 4.78 is 5.35. The molecule has 4 heteroatoms. The predicted molar refractivity (Wildman–Crippen MR) is 64.8 cm³/mol. The minimum atomic E-state index is 0.0677. The Morgan fingerprint density at radius 3 is 2.88 bits per heavy atom. The van der Waals surface area contributed by atoms with Gasteiger partial charge in [-0.2, -0.15) is 0 Å². The van der Waals surface area contributed by atoms with Crippen molar-refractivity contribution >= 4 is 0 Å². The molecule has 0 aliphatic rings. The molecule has 0 saturated carbocycles. The second-order valence-electron chi connectivity index (χ2n) is 4.22. The van der Waals surface area contributed by atoms with E-state index >= 15 is 0 Å². The lowest BCUT2D eigenvalue weighted by molar-refractivity contribution is 0.461. The summed E-state index contributed by atoms with van der Waals surface area (Å²) >= 11 is 0. The highest BCUT2D eigenvalue weighted by atomic mass is 16.3. The van der Waals surface area contributed by atoms with E-state index < -0.39 is 0 Å². The minimum absolute atomic E-state index is 0.0677. The first-order chi connectivity index (χ1) is 8.15. The smallest absolute Gasteiger partial charge is 0.198 e. The SMILES string of the molecule is CC(N)Cc1coc(Cc2ccccc2O)n1. The second kappa shape index (κ2) is 5.01. The number of benzene rings is 1. The molecular weight excluding hydrogens is 216 g/mol. The van der Waals surface area contributed by atoms with Crippen LogP contribution in [-0.2, 0) is 12.8 Å². The Labute approximate surface area is 100 Å². The van der Waals surface area contributed by atoms with Crippen LogP contribution in [0.3, 0.4) is 0 Å². The van der Waals surface area contributed by atoms with Crippen LogP contribution in [0.1, 0.15) is 24.1 Å². The van der Waals surface area contributed by atoms with Crippen LogP contribution in [0.2, 0.25) is 0 Å². The van der Waals surface area contributed by atoms with Crippen molar-refractivity contribution in [1.29, 1.82) is 0 Å². The van der Waals surface area contributed by atoms with Gasteiger partial charge in [0, 0.05) is 18.0 Å². The van der Waals surface area contributed by atoms with Gasteiger partial charge in [0.15, 0.2) is 5.89 Å². The Morgan fingerprint density at radius 2 is 2.18 bits per heavy atom. The Bertz CT molecular complexity index is 492. The van der Waals surface area contributed by atoms with Gasteiger partial charge in [0.25, 0.3) is 0 Å². The molecule has 4 nitrogen and oxygen atoms in total. The number of phenolic OH excluding ortho intramolecular Hbond substituents is 1. The van der Waals surface area contributed by atoms with Gasteiger partial charge in [-0.3, -0.25) is 0 Å². The molecule has 0 fully saturated rings. The quantitative estimate of drug-likeness (QED) is 0.844. The molecule has 0 bridgehead atoms. The van der Waals surface area contributed by atoms with Gasteiger partial charge in [-0.1, -0.05) is 18.2 Å². The van der Waals surface area contributed by atoms with Gasteiger partial charge < -0.3 is 15.3 Å². The van der Waals surface area contributed by atoms with Gasteiger partial charge in [-0.15, -0.1) is 0 Å². The number of oxazole rings is 1. The molecule has 0 saturated heterocycles. The number of nitrogens with zero attached hydrogens (tertiary/aromatic N) is 1. The number of aromatic hydroxyl groups is 1. The van der Waals surface area contributed by atoms with E-state index in [-0.39, 0.29) is 11.8 Å². The summed E-state index contributed by atoms with van der Waals surface area (Å²) in [6.45, 7) is 1.93. The molecule has 0 spiro atoms. The van der Waals surface area contributed by atoms with Crippen molar-refractivity contribution in [2.45, 2.75) is 25.8 Å². The summed E-state index contributed by atoms with van der Waals surface area (Å²) in [4.78, 5) is 4.33. The average Bonchev–Trinajstić information content (AvgIpc) is 2.68. The van der Waals surface area contributed by atoms with Gasteiger partial charge >= 0.3 is 0 Å². The second-order valence-corrected chi connectivity index (χ2v) is 4.22. The number of hydrogen-bond donors (Lipinski definition) is 2. The van der Waals surface area contributed by atoms with Crippen molar-refractivity contribution in [2.24, 2.45) is 5.73 Å². The molecule has 3 N–H and O–H groups in total. The lowest BCUT2D eigenvalue weighted by atomic mass is 10.1. The number of rotatable bonds is 4. The highest BCUT2D eigenvalue weighted by Gasteiger charge is 2.08. The van der Waals surface area contributed by atoms with E-state index in [0.717, 1.165) is 11.3 Å². The molecule has 1 aromatic carbocycles. The highest BCUT2D eigenvalue weighted by Crippen LogP contribution is 2.19. The van der Waals surface area contributed by atoms with Crippen molar-refractivity contribution in [2.75, 3.05) is 0 Å². The average molecular weight is 232 g/mol. The minimum Gasteiger partial charge on any atom is -0.508 e. The van der Waals surface area contributed by atoms with Gasteiger partial charge in [-0.05, 0) is 13.0 Å². The standard InChI is InChI=1S/C13H16N2O2/c1-9(14)6-11-8-17-13(15-11)7-10-4-2-3-5-12(10)16/h2-5,8-9,16H,6-7,14H2,1H3. The van der Waals surface area contributed by atoms with Gasteiger partial charge in [0.2, 0.25) is 0 Å². The van der Waals surface area contributed by atoms with E-state index in [1.54, 1.807) is 18.4 Å². The predicted octanol–water partition coefficient (Wildman–Crippen LogP) is 1.86. The molecule has 1 atom stereocenters. The van der Waals surface area contributed by atoms with Crippen molar-refractivity contribution in [3.63, 3.8) is 0 Å². The maximum Gasteiger partial charge on any atom is 0.198 e. The zero-order valence-electron chi connectivity index (χ0n) is 9.76. The molecule has 0 amide bonds. The third-order valence-corrected chi connectivity index (χ3v) is 2.46. The molecule has 0 radical (unpaired) electrons. The maximum absolute atomic E-state index is 9.63. The van der Waals surface area contributed by atoms with Crippen molar-refractivity contribution in [3.8, 4) is 5.75 Å². The summed E-state index contributed by atoms with van der Waals surface area (Å²) in [6, 6.07) is 7.24. The van der Waals surface area contributed by atoms with E-state index in [9.17, 15) is 5.11 Å². The molecule has 1 unspecified atom stereocenters. The van der Waals surface area contributed by atoms with Crippen LogP contribution < -0.4 is 5.73 Å². The van der Waals surface area contributed by atoms with Crippen LogP contribution in [0.4, 0.5) is 0 Å². The molecular formula is C13H16N2O2. The fraction of sp³-hybridized carbons (Fsp3) is 0.308. The number of hydrogen-bond acceptors (Lipinski definition) is 4. The largest absolute Gasteiger partial charge is 0.508 e. The fourth-order valence-corrected chi connectivity index (χ4v) is 1.68. The summed E-state index contributed by atoms with van der Waals surface area (Å²) in [7, 11) is 0. The zero-order chi connectivity index (χ0) is 12.3. The Hall–Kier alpha value is -1.81. The van der Waals surface area contributed by atoms with E-state index in [2.05, 4.69) is 4.98 Å². The number of phenols is 1. The fourth-order valence-electron chi connectivity index (χ4n) is 1.68. The van der Waals surface area contributed by atoms with Crippen LogP contribution in [0.5, 0.6) is 5.75 Å². The van der Waals surface area contributed by atoms with E-state index in [1.807, 2.05) is 19.1 Å². The van der Waals surface area contributed by atoms with Crippen LogP contribution >= 0.6 is 0 Å². The third kappa shape index (κ3) is 3.07.